The lowest BCUT2D eigenvalue weighted by Gasteiger charge is -2.29. The van der Waals surface area contributed by atoms with Crippen molar-refractivity contribution >= 4 is 17.5 Å². The van der Waals surface area contributed by atoms with E-state index in [-0.39, 0.29) is 24.2 Å². The highest BCUT2D eigenvalue weighted by atomic mass is 19.1. The highest BCUT2D eigenvalue weighted by Crippen LogP contribution is 2.47. The Labute approximate surface area is 179 Å². The van der Waals surface area contributed by atoms with E-state index >= 15 is 0 Å². The lowest BCUT2D eigenvalue weighted by molar-refractivity contribution is -0.143. The van der Waals surface area contributed by atoms with Crippen LogP contribution >= 0.6 is 0 Å². The summed E-state index contributed by atoms with van der Waals surface area (Å²) in [7, 11) is 0. The number of hydroxylamine groups is 1. The Bertz CT molecular complexity index is 1130. The predicted octanol–water partition coefficient (Wildman–Crippen LogP) is 4.18. The van der Waals surface area contributed by atoms with Gasteiger partial charge in [0.05, 0.1) is 18.3 Å². The highest BCUT2D eigenvalue weighted by molar-refractivity contribution is 6.07. The molecule has 2 aliphatic heterocycles. The van der Waals surface area contributed by atoms with Gasteiger partial charge in [0.1, 0.15) is 11.7 Å². The first kappa shape index (κ1) is 19.5. The van der Waals surface area contributed by atoms with E-state index in [0.29, 0.717) is 0 Å². The van der Waals surface area contributed by atoms with Crippen LogP contribution in [-0.4, -0.2) is 22.8 Å². The molecule has 0 radical (unpaired) electrons. The van der Waals surface area contributed by atoms with Crippen molar-refractivity contribution in [2.45, 2.75) is 25.6 Å². The molecule has 2 heterocycles. The number of anilines is 1. The number of likely N-dealkylation sites (tertiary alicyclic amines) is 1. The Balaban J connectivity index is 1.54. The molecule has 0 spiro atoms. The maximum Gasteiger partial charge on any atom is 0.262 e. The van der Waals surface area contributed by atoms with E-state index < -0.39 is 18.1 Å². The summed E-state index contributed by atoms with van der Waals surface area (Å²) in [5.41, 5.74) is 3.33. The molecule has 5 rings (SSSR count). The van der Waals surface area contributed by atoms with Crippen molar-refractivity contribution in [3.63, 3.8) is 0 Å². The number of hydrogen-bond donors (Lipinski definition) is 0. The van der Waals surface area contributed by atoms with Crippen LogP contribution in [0.3, 0.4) is 0 Å². The SMILES string of the molecule is Cc1ccccc1N1O[C@H]2C(=O)N(Cc3ccccc3)C(=O)[C@@H]2[C@@H]1c1ccc(F)cc1. The van der Waals surface area contributed by atoms with Gasteiger partial charge in [0, 0.05) is 0 Å². The largest absolute Gasteiger partial charge is 0.275 e. The third kappa shape index (κ3) is 3.29. The number of carbonyl (C=O) groups is 2. The van der Waals surface area contributed by atoms with Gasteiger partial charge in [-0.2, -0.15) is 0 Å². The Kier molecular flexibility index (Phi) is 4.79. The number of fused-ring (bicyclic) bond motifs is 1. The average Bonchev–Trinajstić information content (AvgIpc) is 3.27. The van der Waals surface area contributed by atoms with Crippen molar-refractivity contribution in [2.75, 3.05) is 5.06 Å². The molecule has 3 aromatic rings. The van der Waals surface area contributed by atoms with E-state index in [1.165, 1.54) is 17.0 Å². The van der Waals surface area contributed by atoms with Crippen molar-refractivity contribution in [3.05, 3.63) is 101 Å². The van der Waals surface area contributed by atoms with Crippen LogP contribution in [0.15, 0.2) is 78.9 Å². The van der Waals surface area contributed by atoms with E-state index in [9.17, 15) is 14.0 Å². The standard InChI is InChI=1S/C25H21FN2O3/c1-16-7-5-6-10-20(16)28-22(18-11-13-19(26)14-12-18)21-23(31-28)25(30)27(24(21)29)15-17-8-3-2-4-9-17/h2-14,21-23H,15H2,1H3/t21-,22+,23-/m1/s1. The van der Waals surface area contributed by atoms with Gasteiger partial charge in [-0.05, 0) is 41.8 Å². The van der Waals surface area contributed by atoms with Crippen LogP contribution in [0.2, 0.25) is 0 Å². The van der Waals surface area contributed by atoms with Gasteiger partial charge in [0.15, 0.2) is 6.10 Å². The molecular weight excluding hydrogens is 395 g/mol. The molecule has 3 aromatic carbocycles. The third-order valence-electron chi connectivity index (χ3n) is 5.95. The number of aryl methyl sites for hydroxylation is 1. The van der Waals surface area contributed by atoms with Crippen molar-refractivity contribution in [1.29, 1.82) is 0 Å². The monoisotopic (exact) mass is 416 g/mol. The molecule has 0 N–H and O–H groups in total. The van der Waals surface area contributed by atoms with E-state index in [1.807, 2.05) is 61.5 Å². The summed E-state index contributed by atoms with van der Waals surface area (Å²) in [6.07, 6.45) is -0.911. The van der Waals surface area contributed by atoms with Crippen LogP contribution in [0.1, 0.15) is 22.7 Å². The quantitative estimate of drug-likeness (QED) is 0.599. The predicted molar refractivity (Wildman–Crippen MR) is 113 cm³/mol. The zero-order valence-electron chi connectivity index (χ0n) is 16.9. The fourth-order valence-corrected chi connectivity index (χ4v) is 4.41. The molecule has 2 amide bonds. The fraction of sp³-hybridized carbons (Fsp3) is 0.200. The second-order valence-electron chi connectivity index (χ2n) is 7.91. The minimum atomic E-state index is -0.911. The average molecular weight is 416 g/mol. The lowest BCUT2D eigenvalue weighted by Crippen LogP contribution is -2.37. The summed E-state index contributed by atoms with van der Waals surface area (Å²) in [5, 5.41) is 1.65. The fourth-order valence-electron chi connectivity index (χ4n) is 4.41. The van der Waals surface area contributed by atoms with Crippen molar-refractivity contribution in [1.82, 2.24) is 4.90 Å². The number of rotatable bonds is 4. The molecular formula is C25H21FN2O3. The molecule has 0 saturated carbocycles. The Morgan fingerprint density at radius 2 is 1.55 bits per heavy atom. The summed E-state index contributed by atoms with van der Waals surface area (Å²) in [4.78, 5) is 34.0. The van der Waals surface area contributed by atoms with Crippen LogP contribution in [0, 0.1) is 18.7 Å². The number of halogens is 1. The van der Waals surface area contributed by atoms with E-state index in [2.05, 4.69) is 0 Å². The molecule has 0 aliphatic carbocycles. The number of carbonyl (C=O) groups excluding carboxylic acids is 2. The molecule has 2 saturated heterocycles. The number of amides is 2. The molecule has 3 atom stereocenters. The second kappa shape index (κ2) is 7.63. The Hall–Kier alpha value is -3.51. The van der Waals surface area contributed by atoms with Gasteiger partial charge >= 0.3 is 0 Å². The normalized spacial score (nSPS) is 22.8. The Morgan fingerprint density at radius 1 is 0.871 bits per heavy atom. The summed E-state index contributed by atoms with van der Waals surface area (Å²) < 4.78 is 13.6. The molecule has 156 valence electrons. The smallest absolute Gasteiger partial charge is 0.262 e. The zero-order chi connectivity index (χ0) is 21.5. The minimum absolute atomic E-state index is 0.204. The van der Waals surface area contributed by atoms with Gasteiger partial charge in [0.2, 0.25) is 5.91 Å². The van der Waals surface area contributed by atoms with Crippen LogP contribution in [0.4, 0.5) is 10.1 Å². The Morgan fingerprint density at radius 3 is 2.26 bits per heavy atom. The first-order chi connectivity index (χ1) is 15.0. The number of nitrogens with zero attached hydrogens (tertiary/aromatic N) is 2. The molecule has 0 bridgehead atoms. The van der Waals surface area contributed by atoms with Crippen LogP contribution < -0.4 is 5.06 Å². The molecule has 2 fully saturated rings. The number of imide groups is 1. The highest BCUT2D eigenvalue weighted by Gasteiger charge is 2.59. The summed E-state index contributed by atoms with van der Waals surface area (Å²) in [6, 6.07) is 22.5. The lowest BCUT2D eigenvalue weighted by atomic mass is 9.90. The molecule has 0 unspecified atom stereocenters. The van der Waals surface area contributed by atoms with Crippen molar-refractivity contribution in [3.8, 4) is 0 Å². The summed E-state index contributed by atoms with van der Waals surface area (Å²) in [6.45, 7) is 2.15. The zero-order valence-corrected chi connectivity index (χ0v) is 16.9. The maximum atomic E-state index is 13.6. The van der Waals surface area contributed by atoms with E-state index in [0.717, 1.165) is 22.4 Å². The number of benzene rings is 3. The molecule has 2 aliphatic rings. The molecule has 31 heavy (non-hydrogen) atoms. The molecule has 0 aromatic heterocycles. The van der Waals surface area contributed by atoms with Gasteiger partial charge in [-0.15, -0.1) is 0 Å². The topological polar surface area (TPSA) is 49.9 Å². The number of para-hydroxylation sites is 1. The summed E-state index contributed by atoms with van der Waals surface area (Å²) in [5.74, 6) is -1.69. The summed E-state index contributed by atoms with van der Waals surface area (Å²) >= 11 is 0. The van der Waals surface area contributed by atoms with Gasteiger partial charge in [-0.25, -0.2) is 9.45 Å². The van der Waals surface area contributed by atoms with Gasteiger partial charge < -0.3 is 0 Å². The van der Waals surface area contributed by atoms with Crippen molar-refractivity contribution < 1.29 is 18.8 Å². The van der Waals surface area contributed by atoms with Gasteiger partial charge in [-0.3, -0.25) is 19.3 Å². The maximum absolute atomic E-state index is 13.6. The molecule has 5 nitrogen and oxygen atoms in total. The number of hydrogen-bond acceptors (Lipinski definition) is 4. The minimum Gasteiger partial charge on any atom is -0.275 e. The van der Waals surface area contributed by atoms with Crippen LogP contribution in [-0.2, 0) is 21.0 Å². The van der Waals surface area contributed by atoms with Crippen LogP contribution in [0.5, 0.6) is 0 Å². The van der Waals surface area contributed by atoms with Gasteiger partial charge in [0.25, 0.3) is 5.91 Å². The third-order valence-corrected chi connectivity index (χ3v) is 5.95. The van der Waals surface area contributed by atoms with E-state index in [1.54, 1.807) is 17.2 Å². The second-order valence-corrected chi connectivity index (χ2v) is 7.91. The molecule has 6 heteroatoms. The van der Waals surface area contributed by atoms with Gasteiger partial charge in [-0.1, -0.05) is 60.7 Å². The first-order valence-corrected chi connectivity index (χ1v) is 10.2. The van der Waals surface area contributed by atoms with Crippen molar-refractivity contribution in [2.24, 2.45) is 5.92 Å². The van der Waals surface area contributed by atoms with Crippen LogP contribution in [0.25, 0.3) is 0 Å². The first-order valence-electron chi connectivity index (χ1n) is 10.2. The van der Waals surface area contributed by atoms with E-state index in [4.69, 9.17) is 4.84 Å².